The molecule has 0 bridgehead atoms. The minimum atomic E-state index is -1.12. The molecular weight excluding hydrogens is 535 g/mol. The maximum absolute atomic E-state index is 13.8. The number of nitrogens with zero attached hydrogens (tertiary/aromatic N) is 2. The topological polar surface area (TPSA) is 106 Å². The lowest BCUT2D eigenvalue weighted by Gasteiger charge is -2.23. The van der Waals surface area contributed by atoms with E-state index in [0.717, 1.165) is 21.8 Å². The number of hydrogen-bond acceptors (Lipinski definition) is 8. The van der Waals surface area contributed by atoms with Crippen molar-refractivity contribution in [2.45, 2.75) is 19.6 Å². The van der Waals surface area contributed by atoms with Crippen molar-refractivity contribution in [3.05, 3.63) is 118 Å². The summed E-state index contributed by atoms with van der Waals surface area (Å²) in [6.45, 7) is 1.93. The summed E-state index contributed by atoms with van der Waals surface area (Å²) in [5.74, 6) is -2.89. The van der Waals surface area contributed by atoms with Gasteiger partial charge in [-0.2, -0.15) is 0 Å². The quantitative estimate of drug-likeness (QED) is 0.137. The van der Waals surface area contributed by atoms with Crippen LogP contribution in [0.2, 0.25) is 0 Å². The number of aryl methyl sites for hydroxylation is 1. The number of rotatable bonds is 7. The number of halogens is 1. The van der Waals surface area contributed by atoms with Gasteiger partial charge in [-0.3, -0.25) is 14.5 Å². The van der Waals surface area contributed by atoms with E-state index in [-0.39, 0.29) is 21.1 Å². The van der Waals surface area contributed by atoms with Crippen LogP contribution in [0.25, 0.3) is 5.76 Å². The molecule has 2 heterocycles. The van der Waals surface area contributed by atoms with Gasteiger partial charge in [0.2, 0.25) is 0 Å². The molecule has 3 aromatic carbocycles. The summed E-state index contributed by atoms with van der Waals surface area (Å²) in [6.07, 6.45) is 0. The molecule has 0 saturated carbocycles. The van der Waals surface area contributed by atoms with E-state index in [1.54, 1.807) is 31.2 Å². The summed E-state index contributed by atoms with van der Waals surface area (Å²) in [5, 5.41) is 11.4. The van der Waals surface area contributed by atoms with Gasteiger partial charge < -0.3 is 14.6 Å². The largest absolute Gasteiger partial charge is 0.507 e. The van der Waals surface area contributed by atoms with E-state index in [4.69, 9.17) is 9.47 Å². The third-order valence-corrected chi connectivity index (χ3v) is 7.51. The average Bonchev–Trinajstić information content (AvgIpc) is 3.48. The fourth-order valence-electron chi connectivity index (χ4n) is 4.36. The number of anilines is 1. The Kier molecular flexibility index (Phi) is 7.43. The Labute approximate surface area is 232 Å². The van der Waals surface area contributed by atoms with E-state index >= 15 is 0 Å². The van der Waals surface area contributed by atoms with Crippen LogP contribution in [0.1, 0.15) is 38.1 Å². The molecule has 1 saturated heterocycles. The predicted molar refractivity (Wildman–Crippen MR) is 147 cm³/mol. The van der Waals surface area contributed by atoms with Crippen LogP contribution in [-0.4, -0.2) is 34.9 Å². The molecule has 1 aliphatic heterocycles. The fourth-order valence-corrected chi connectivity index (χ4v) is 5.37. The summed E-state index contributed by atoms with van der Waals surface area (Å²) < 4.78 is 24.4. The molecule has 1 unspecified atom stereocenters. The van der Waals surface area contributed by atoms with Crippen molar-refractivity contribution < 1.29 is 33.4 Å². The van der Waals surface area contributed by atoms with Gasteiger partial charge in [0.15, 0.2) is 5.13 Å². The summed E-state index contributed by atoms with van der Waals surface area (Å²) in [4.78, 5) is 44.5. The molecule has 1 aromatic heterocycles. The molecule has 8 nitrogen and oxygen atoms in total. The highest BCUT2D eigenvalue weighted by Gasteiger charge is 2.48. The first-order valence-electron chi connectivity index (χ1n) is 12.2. The standard InChI is InChI=1S/C30H23FN2O6S/c1-17-27(29(37)38-2)40-30(32-17)33-24(19-8-12-21(31)13-9-19)23(26(35)28(33)36)25(34)20-10-14-22(15-11-20)39-16-18-6-4-3-5-7-18/h3-15,24,34H,16H2,1-2H3/b25-23+. The zero-order valence-electron chi connectivity index (χ0n) is 21.5. The predicted octanol–water partition coefficient (Wildman–Crippen LogP) is 5.58. The Morgan fingerprint density at radius 2 is 1.70 bits per heavy atom. The van der Waals surface area contributed by atoms with Crippen LogP contribution in [0.15, 0.2) is 84.4 Å². The Morgan fingerprint density at radius 1 is 1.02 bits per heavy atom. The Hall–Kier alpha value is -4.83. The number of hydrogen-bond donors (Lipinski definition) is 1. The summed E-state index contributed by atoms with van der Waals surface area (Å²) in [7, 11) is 1.23. The minimum absolute atomic E-state index is 0.0676. The number of aliphatic hydroxyl groups is 1. The van der Waals surface area contributed by atoms with Gasteiger partial charge in [0.05, 0.1) is 24.4 Å². The Balaban J connectivity index is 1.54. The summed E-state index contributed by atoms with van der Waals surface area (Å²) >= 11 is 0.884. The lowest BCUT2D eigenvalue weighted by Crippen LogP contribution is -2.29. The monoisotopic (exact) mass is 558 g/mol. The molecule has 4 aromatic rings. The van der Waals surface area contributed by atoms with Gasteiger partial charge in [0.25, 0.3) is 5.78 Å². The molecule has 1 amide bonds. The molecule has 10 heteroatoms. The van der Waals surface area contributed by atoms with E-state index in [1.807, 2.05) is 30.3 Å². The molecule has 0 radical (unpaired) electrons. The lowest BCUT2D eigenvalue weighted by atomic mass is 9.95. The lowest BCUT2D eigenvalue weighted by molar-refractivity contribution is -0.132. The van der Waals surface area contributed by atoms with Crippen LogP contribution in [0.5, 0.6) is 5.75 Å². The van der Waals surface area contributed by atoms with E-state index in [9.17, 15) is 23.9 Å². The number of methoxy groups -OCH3 is 1. The second-order valence-corrected chi connectivity index (χ2v) is 9.90. The van der Waals surface area contributed by atoms with Crippen LogP contribution >= 0.6 is 11.3 Å². The normalized spacial score (nSPS) is 16.3. The first-order chi connectivity index (χ1) is 19.3. The van der Waals surface area contributed by atoms with E-state index in [0.29, 0.717) is 23.6 Å². The average molecular weight is 559 g/mol. The van der Waals surface area contributed by atoms with Crippen LogP contribution in [0.3, 0.4) is 0 Å². The van der Waals surface area contributed by atoms with Crippen molar-refractivity contribution in [2.75, 3.05) is 12.0 Å². The van der Waals surface area contributed by atoms with Crippen molar-refractivity contribution in [1.29, 1.82) is 0 Å². The SMILES string of the molecule is COC(=O)c1sc(N2C(=O)C(=O)/C(=C(/O)c3ccc(OCc4ccccc4)cc3)C2c2ccc(F)cc2)nc1C. The molecule has 40 heavy (non-hydrogen) atoms. The second-order valence-electron chi connectivity index (χ2n) is 8.92. The third-order valence-electron chi connectivity index (χ3n) is 6.37. The van der Waals surface area contributed by atoms with E-state index in [1.165, 1.54) is 31.4 Å². The highest BCUT2D eigenvalue weighted by molar-refractivity contribution is 7.17. The molecule has 1 N–H and O–H groups in total. The highest BCUT2D eigenvalue weighted by atomic mass is 32.1. The van der Waals surface area contributed by atoms with Gasteiger partial charge >= 0.3 is 11.9 Å². The van der Waals surface area contributed by atoms with Gasteiger partial charge in [-0.15, -0.1) is 0 Å². The molecular formula is C30H23FN2O6S. The number of ether oxygens (including phenoxy) is 2. The molecule has 0 spiro atoms. The van der Waals surface area contributed by atoms with Crippen LogP contribution in [0, 0.1) is 12.7 Å². The second kappa shape index (κ2) is 11.1. The third kappa shape index (κ3) is 5.08. The van der Waals surface area contributed by atoms with Crippen molar-refractivity contribution in [2.24, 2.45) is 0 Å². The number of benzene rings is 3. The maximum atomic E-state index is 13.8. The van der Waals surface area contributed by atoms with Crippen molar-refractivity contribution in [3.63, 3.8) is 0 Å². The maximum Gasteiger partial charge on any atom is 0.350 e. The number of amides is 1. The number of carbonyl (C=O) groups excluding carboxylic acids is 3. The number of aromatic nitrogens is 1. The van der Waals surface area contributed by atoms with Gasteiger partial charge in [-0.05, 0) is 54.4 Å². The number of aliphatic hydroxyl groups excluding tert-OH is 1. The molecule has 1 aliphatic rings. The summed E-state index contributed by atoms with van der Waals surface area (Å²) in [6, 6.07) is 20.2. The number of Topliss-reactive ketones (excluding diaryl/α,β-unsaturated/α-hetero) is 1. The molecule has 1 fully saturated rings. The Morgan fingerprint density at radius 3 is 2.35 bits per heavy atom. The van der Waals surface area contributed by atoms with E-state index < -0.39 is 35.3 Å². The number of thiazole rings is 1. The highest BCUT2D eigenvalue weighted by Crippen LogP contribution is 2.44. The molecule has 5 rings (SSSR count). The van der Waals surface area contributed by atoms with Crippen LogP contribution < -0.4 is 9.64 Å². The number of ketones is 1. The van der Waals surface area contributed by atoms with Gasteiger partial charge in [-0.25, -0.2) is 14.2 Å². The van der Waals surface area contributed by atoms with Crippen molar-refractivity contribution >= 4 is 39.9 Å². The fraction of sp³-hybridized carbons (Fsp3) is 0.133. The van der Waals surface area contributed by atoms with Crippen LogP contribution in [0.4, 0.5) is 9.52 Å². The first kappa shape index (κ1) is 26.8. The van der Waals surface area contributed by atoms with Crippen molar-refractivity contribution in [3.8, 4) is 5.75 Å². The number of carbonyl (C=O) groups is 3. The zero-order chi connectivity index (χ0) is 28.4. The zero-order valence-corrected chi connectivity index (χ0v) is 22.3. The molecule has 0 aliphatic carbocycles. The minimum Gasteiger partial charge on any atom is -0.507 e. The molecule has 1 atom stereocenters. The number of esters is 1. The molecule has 202 valence electrons. The van der Waals surface area contributed by atoms with Gasteiger partial charge in [0, 0.05) is 5.56 Å². The van der Waals surface area contributed by atoms with E-state index in [2.05, 4.69) is 4.98 Å². The first-order valence-corrected chi connectivity index (χ1v) is 13.0. The Bertz CT molecular complexity index is 1610. The van der Waals surface area contributed by atoms with Gasteiger partial charge in [0.1, 0.15) is 28.8 Å². The smallest absolute Gasteiger partial charge is 0.350 e. The van der Waals surface area contributed by atoms with Crippen molar-refractivity contribution in [1.82, 2.24) is 4.98 Å². The summed E-state index contributed by atoms with van der Waals surface area (Å²) in [5.41, 5.74) is 1.77. The van der Waals surface area contributed by atoms with Gasteiger partial charge in [-0.1, -0.05) is 53.8 Å². The van der Waals surface area contributed by atoms with Crippen LogP contribution in [-0.2, 0) is 20.9 Å².